The number of hydrogen-bond acceptors (Lipinski definition) is 2. The maximum Gasteiger partial charge on any atom is 0.416 e. The molecule has 0 aliphatic rings. The van der Waals surface area contributed by atoms with Crippen LogP contribution < -0.4 is 0 Å². The Kier molecular flexibility index (Phi) is 3.93. The van der Waals surface area contributed by atoms with E-state index in [0.717, 1.165) is 12.1 Å². The van der Waals surface area contributed by atoms with Crippen molar-refractivity contribution in [3.05, 3.63) is 47.5 Å². The Bertz CT molecular complexity index is 436. The fraction of sp³-hybridized carbons (Fsp3) is 0.250. The molecule has 0 aliphatic carbocycles. The van der Waals surface area contributed by atoms with Gasteiger partial charge >= 0.3 is 12.1 Å². The van der Waals surface area contributed by atoms with Crippen LogP contribution in [0.2, 0.25) is 0 Å². The zero-order valence-electron chi connectivity index (χ0n) is 9.17. The maximum absolute atomic E-state index is 12.4. The predicted molar refractivity (Wildman–Crippen MR) is 56.1 cm³/mol. The van der Waals surface area contributed by atoms with Gasteiger partial charge in [0.2, 0.25) is 0 Å². The lowest BCUT2D eigenvalue weighted by molar-refractivity contribution is -0.140. The van der Waals surface area contributed by atoms with Crippen LogP contribution in [-0.2, 0) is 22.3 Å². The van der Waals surface area contributed by atoms with Crippen LogP contribution in [0.1, 0.15) is 18.1 Å². The molecule has 0 radical (unpaired) electrons. The first-order valence-corrected chi connectivity index (χ1v) is 4.79. The van der Waals surface area contributed by atoms with Crippen LogP contribution in [0.5, 0.6) is 0 Å². The van der Waals surface area contributed by atoms with E-state index in [-0.39, 0.29) is 17.7 Å². The summed E-state index contributed by atoms with van der Waals surface area (Å²) in [5.41, 5.74) is -0.271. The van der Waals surface area contributed by atoms with Gasteiger partial charge in [0, 0.05) is 5.57 Å². The minimum absolute atomic E-state index is 0.199. The molecule has 0 heterocycles. The van der Waals surface area contributed by atoms with E-state index in [0.29, 0.717) is 0 Å². The van der Waals surface area contributed by atoms with E-state index < -0.39 is 17.7 Å². The monoisotopic (exact) mass is 244 g/mol. The molecule has 17 heavy (non-hydrogen) atoms. The summed E-state index contributed by atoms with van der Waals surface area (Å²) >= 11 is 0. The Morgan fingerprint density at radius 1 is 1.41 bits per heavy atom. The van der Waals surface area contributed by atoms with E-state index in [9.17, 15) is 18.0 Å². The Morgan fingerprint density at radius 3 is 2.59 bits per heavy atom. The maximum atomic E-state index is 12.4. The smallest absolute Gasteiger partial charge is 0.416 e. The number of esters is 1. The lowest BCUT2D eigenvalue weighted by Gasteiger charge is -2.09. The SMILES string of the molecule is C=C(C)C(=O)OCc1cccc(C(F)(F)F)c1. The van der Waals surface area contributed by atoms with E-state index in [4.69, 9.17) is 4.74 Å². The Balaban J connectivity index is 2.73. The Morgan fingerprint density at radius 2 is 2.06 bits per heavy atom. The molecule has 1 aromatic carbocycles. The highest BCUT2D eigenvalue weighted by molar-refractivity contribution is 5.86. The van der Waals surface area contributed by atoms with E-state index in [1.807, 2.05) is 0 Å². The van der Waals surface area contributed by atoms with Crippen molar-refractivity contribution in [2.24, 2.45) is 0 Å². The Labute approximate surface area is 96.7 Å². The molecule has 0 amide bonds. The first-order valence-electron chi connectivity index (χ1n) is 4.79. The van der Waals surface area contributed by atoms with Crippen LogP contribution in [0.15, 0.2) is 36.4 Å². The van der Waals surface area contributed by atoms with Gasteiger partial charge in [-0.2, -0.15) is 13.2 Å². The number of ether oxygens (including phenoxy) is 1. The van der Waals surface area contributed by atoms with Gasteiger partial charge < -0.3 is 4.74 Å². The highest BCUT2D eigenvalue weighted by Gasteiger charge is 2.30. The summed E-state index contributed by atoms with van der Waals surface area (Å²) in [6.45, 7) is 4.64. The third-order valence-corrected chi connectivity index (χ3v) is 1.97. The molecule has 92 valence electrons. The number of rotatable bonds is 3. The second-order valence-corrected chi connectivity index (χ2v) is 3.55. The number of hydrogen-bond donors (Lipinski definition) is 0. The number of halogens is 3. The third-order valence-electron chi connectivity index (χ3n) is 1.97. The quantitative estimate of drug-likeness (QED) is 0.602. The van der Waals surface area contributed by atoms with Crippen LogP contribution >= 0.6 is 0 Å². The summed E-state index contributed by atoms with van der Waals surface area (Å²) in [5, 5.41) is 0. The van der Waals surface area contributed by atoms with Gasteiger partial charge in [0.05, 0.1) is 5.56 Å². The summed E-state index contributed by atoms with van der Waals surface area (Å²) in [4.78, 5) is 11.1. The van der Waals surface area contributed by atoms with Gasteiger partial charge in [-0.15, -0.1) is 0 Å². The topological polar surface area (TPSA) is 26.3 Å². The molecule has 0 aliphatic heterocycles. The van der Waals surface area contributed by atoms with Crippen molar-refractivity contribution in [2.45, 2.75) is 19.7 Å². The summed E-state index contributed by atoms with van der Waals surface area (Å²) in [5.74, 6) is -0.623. The van der Waals surface area contributed by atoms with E-state index in [1.54, 1.807) is 0 Å². The second kappa shape index (κ2) is 5.03. The fourth-order valence-electron chi connectivity index (χ4n) is 1.11. The van der Waals surface area contributed by atoms with Crippen molar-refractivity contribution in [2.75, 3.05) is 0 Å². The molecule has 1 aromatic rings. The van der Waals surface area contributed by atoms with Crippen LogP contribution in [-0.4, -0.2) is 5.97 Å². The molecule has 2 nitrogen and oxygen atoms in total. The van der Waals surface area contributed by atoms with Crippen molar-refractivity contribution >= 4 is 5.97 Å². The lowest BCUT2D eigenvalue weighted by atomic mass is 10.1. The highest BCUT2D eigenvalue weighted by Crippen LogP contribution is 2.29. The summed E-state index contributed by atoms with van der Waals surface area (Å²) in [7, 11) is 0. The first kappa shape index (κ1) is 13.3. The molecule has 1 rings (SSSR count). The molecule has 0 spiro atoms. The molecule has 5 heteroatoms. The molecule has 0 aromatic heterocycles. The number of benzene rings is 1. The minimum atomic E-state index is -4.39. The van der Waals surface area contributed by atoms with Crippen LogP contribution in [0.25, 0.3) is 0 Å². The normalized spacial score (nSPS) is 11.1. The van der Waals surface area contributed by atoms with Gasteiger partial charge in [-0.25, -0.2) is 4.79 Å². The predicted octanol–water partition coefficient (Wildman–Crippen LogP) is 3.32. The minimum Gasteiger partial charge on any atom is -0.457 e. The summed E-state index contributed by atoms with van der Waals surface area (Å²) in [6.07, 6.45) is -4.39. The van der Waals surface area contributed by atoms with Crippen LogP contribution in [0.4, 0.5) is 13.2 Å². The van der Waals surface area contributed by atoms with Crippen molar-refractivity contribution in [1.82, 2.24) is 0 Å². The summed E-state index contributed by atoms with van der Waals surface area (Å²) < 4.78 is 41.9. The van der Waals surface area contributed by atoms with Gasteiger partial charge in [-0.05, 0) is 24.6 Å². The molecule has 0 saturated carbocycles. The largest absolute Gasteiger partial charge is 0.457 e. The van der Waals surface area contributed by atoms with Crippen molar-refractivity contribution < 1.29 is 22.7 Å². The van der Waals surface area contributed by atoms with Gasteiger partial charge in [0.1, 0.15) is 6.61 Å². The number of alkyl halides is 3. The van der Waals surface area contributed by atoms with Crippen molar-refractivity contribution in [3.8, 4) is 0 Å². The molecule has 0 N–H and O–H groups in total. The van der Waals surface area contributed by atoms with E-state index >= 15 is 0 Å². The fourth-order valence-corrected chi connectivity index (χ4v) is 1.11. The molecule has 0 atom stereocenters. The zero-order valence-corrected chi connectivity index (χ0v) is 9.17. The summed E-state index contributed by atoms with van der Waals surface area (Å²) in [6, 6.07) is 4.64. The van der Waals surface area contributed by atoms with Gasteiger partial charge in [0.25, 0.3) is 0 Å². The molecular weight excluding hydrogens is 233 g/mol. The second-order valence-electron chi connectivity index (χ2n) is 3.55. The van der Waals surface area contributed by atoms with Gasteiger partial charge in [-0.1, -0.05) is 18.7 Å². The molecule has 0 fully saturated rings. The van der Waals surface area contributed by atoms with E-state index in [1.165, 1.54) is 19.1 Å². The molecule has 0 saturated heterocycles. The Hall–Kier alpha value is -1.78. The standard InChI is InChI=1S/C12H11F3O2/c1-8(2)11(16)17-7-9-4-3-5-10(6-9)12(13,14)15/h3-6H,1,7H2,2H3. The molecule has 0 unspecified atom stereocenters. The number of carbonyl (C=O) groups is 1. The van der Waals surface area contributed by atoms with Gasteiger partial charge in [-0.3, -0.25) is 0 Å². The lowest BCUT2D eigenvalue weighted by Crippen LogP contribution is -2.07. The molecule has 0 bridgehead atoms. The average Bonchev–Trinajstić information content (AvgIpc) is 2.25. The van der Waals surface area contributed by atoms with Crippen LogP contribution in [0.3, 0.4) is 0 Å². The van der Waals surface area contributed by atoms with Crippen molar-refractivity contribution in [3.63, 3.8) is 0 Å². The number of carbonyl (C=O) groups excluding carboxylic acids is 1. The van der Waals surface area contributed by atoms with E-state index in [2.05, 4.69) is 6.58 Å². The third kappa shape index (κ3) is 3.94. The molecular formula is C12H11F3O2. The first-order chi connectivity index (χ1) is 7.80. The average molecular weight is 244 g/mol. The van der Waals surface area contributed by atoms with Crippen molar-refractivity contribution in [1.29, 1.82) is 0 Å². The van der Waals surface area contributed by atoms with Crippen LogP contribution in [0, 0.1) is 0 Å². The highest BCUT2D eigenvalue weighted by atomic mass is 19.4. The van der Waals surface area contributed by atoms with Gasteiger partial charge in [0.15, 0.2) is 0 Å². The zero-order chi connectivity index (χ0) is 13.1.